The van der Waals surface area contributed by atoms with Gasteiger partial charge < -0.3 is 9.64 Å². The average Bonchev–Trinajstić information content (AvgIpc) is 3.36. The smallest absolute Gasteiger partial charge is 0.273 e. The van der Waals surface area contributed by atoms with Crippen molar-refractivity contribution in [2.75, 3.05) is 7.11 Å². The molecular formula is C25H19Cl2N3O2. The van der Waals surface area contributed by atoms with Crippen LogP contribution in [0.3, 0.4) is 0 Å². The lowest BCUT2D eigenvalue weighted by Gasteiger charge is -2.27. The maximum Gasteiger partial charge on any atom is 0.273 e. The molecule has 3 aromatic carbocycles. The Morgan fingerprint density at radius 3 is 2.44 bits per heavy atom. The topological polar surface area (TPSA) is 58.2 Å². The Morgan fingerprint density at radius 2 is 1.75 bits per heavy atom. The molecule has 1 N–H and O–H groups in total. The van der Waals surface area contributed by atoms with Crippen LogP contribution in [-0.2, 0) is 6.54 Å². The van der Waals surface area contributed by atoms with Crippen LogP contribution in [0.4, 0.5) is 0 Å². The van der Waals surface area contributed by atoms with Gasteiger partial charge in [-0.2, -0.15) is 5.10 Å². The first-order valence-electron chi connectivity index (χ1n) is 10.1. The molecule has 5 nitrogen and oxygen atoms in total. The van der Waals surface area contributed by atoms with Crippen molar-refractivity contribution in [1.82, 2.24) is 15.1 Å². The first-order valence-corrected chi connectivity index (χ1v) is 10.8. The fourth-order valence-corrected chi connectivity index (χ4v) is 4.44. The number of ether oxygens (including phenoxy) is 1. The second-order valence-corrected chi connectivity index (χ2v) is 8.40. The molecule has 2 heterocycles. The lowest BCUT2D eigenvalue weighted by Crippen LogP contribution is -2.29. The average molecular weight is 464 g/mol. The van der Waals surface area contributed by atoms with Crippen LogP contribution in [0.25, 0.3) is 11.3 Å². The molecule has 0 spiro atoms. The highest BCUT2D eigenvalue weighted by Gasteiger charge is 2.42. The van der Waals surface area contributed by atoms with Gasteiger partial charge in [-0.15, -0.1) is 0 Å². The first kappa shape index (κ1) is 20.6. The number of hydrogen-bond acceptors (Lipinski definition) is 3. The zero-order chi connectivity index (χ0) is 22.2. The van der Waals surface area contributed by atoms with E-state index in [1.807, 2.05) is 71.6 Å². The van der Waals surface area contributed by atoms with Gasteiger partial charge in [0.15, 0.2) is 0 Å². The molecule has 0 saturated heterocycles. The highest BCUT2D eigenvalue weighted by Crippen LogP contribution is 2.44. The Labute approximate surface area is 195 Å². The summed E-state index contributed by atoms with van der Waals surface area (Å²) in [5.41, 5.74) is 4.89. The van der Waals surface area contributed by atoms with Gasteiger partial charge in [0, 0.05) is 17.7 Å². The van der Waals surface area contributed by atoms with Gasteiger partial charge in [-0.05, 0) is 35.4 Å². The quantitative estimate of drug-likeness (QED) is 0.386. The van der Waals surface area contributed by atoms with Crippen molar-refractivity contribution in [3.8, 4) is 17.0 Å². The number of amides is 1. The van der Waals surface area contributed by atoms with Crippen molar-refractivity contribution >= 4 is 29.1 Å². The standard InChI is InChI=1S/C25H19Cl2N3O2/c1-32-18-10-7-15(8-11-18)14-30-24(17-9-12-19(26)20(27)13-17)21-22(16-5-3-2-4-6-16)28-29-23(21)25(30)31/h2-13,24H,14H2,1H3,(H,28,29). The van der Waals surface area contributed by atoms with Gasteiger partial charge in [0.1, 0.15) is 11.4 Å². The summed E-state index contributed by atoms with van der Waals surface area (Å²) >= 11 is 12.5. The van der Waals surface area contributed by atoms with Gasteiger partial charge >= 0.3 is 0 Å². The predicted molar refractivity (Wildman–Crippen MR) is 125 cm³/mol. The fourth-order valence-electron chi connectivity index (χ4n) is 4.13. The largest absolute Gasteiger partial charge is 0.497 e. The minimum atomic E-state index is -0.358. The molecule has 4 aromatic rings. The molecule has 1 aromatic heterocycles. The molecule has 1 amide bonds. The van der Waals surface area contributed by atoms with E-state index < -0.39 is 0 Å². The highest BCUT2D eigenvalue weighted by molar-refractivity contribution is 6.42. The van der Waals surface area contributed by atoms with Crippen molar-refractivity contribution in [2.45, 2.75) is 12.6 Å². The minimum Gasteiger partial charge on any atom is -0.497 e. The second-order valence-electron chi connectivity index (χ2n) is 7.58. The number of nitrogens with one attached hydrogen (secondary N) is 1. The minimum absolute atomic E-state index is 0.110. The third-order valence-electron chi connectivity index (χ3n) is 5.68. The lowest BCUT2D eigenvalue weighted by atomic mass is 9.96. The van der Waals surface area contributed by atoms with E-state index in [1.54, 1.807) is 13.2 Å². The van der Waals surface area contributed by atoms with E-state index >= 15 is 0 Å². The molecule has 0 fully saturated rings. The number of nitrogens with zero attached hydrogens (tertiary/aromatic N) is 2. The Hall–Kier alpha value is -3.28. The van der Waals surface area contributed by atoms with E-state index in [1.165, 1.54) is 0 Å². The zero-order valence-corrected chi connectivity index (χ0v) is 18.7. The molecule has 0 saturated carbocycles. The van der Waals surface area contributed by atoms with Crippen LogP contribution in [0.15, 0.2) is 72.8 Å². The molecular weight excluding hydrogens is 445 g/mol. The number of carbonyl (C=O) groups excluding carboxylic acids is 1. The predicted octanol–water partition coefficient (Wildman–Crippen LogP) is 6.14. The molecule has 1 aliphatic heterocycles. The van der Waals surface area contributed by atoms with Crippen molar-refractivity contribution in [3.05, 3.63) is 105 Å². The fraction of sp³-hybridized carbons (Fsp3) is 0.120. The third-order valence-corrected chi connectivity index (χ3v) is 6.42. The van der Waals surface area contributed by atoms with Gasteiger partial charge in [-0.25, -0.2) is 0 Å². The van der Waals surface area contributed by atoms with Gasteiger partial charge in [0.2, 0.25) is 0 Å². The highest BCUT2D eigenvalue weighted by atomic mass is 35.5. The van der Waals surface area contributed by atoms with Crippen LogP contribution in [0.2, 0.25) is 10.0 Å². The van der Waals surface area contributed by atoms with Crippen LogP contribution >= 0.6 is 23.2 Å². The number of fused-ring (bicyclic) bond motifs is 1. The molecule has 32 heavy (non-hydrogen) atoms. The Kier molecular flexibility index (Phi) is 5.37. The summed E-state index contributed by atoms with van der Waals surface area (Å²) in [5, 5.41) is 8.38. The second kappa shape index (κ2) is 8.34. The zero-order valence-electron chi connectivity index (χ0n) is 17.2. The Bertz CT molecular complexity index is 1290. The summed E-state index contributed by atoms with van der Waals surface area (Å²) in [6.07, 6.45) is 0. The third kappa shape index (κ3) is 3.53. The lowest BCUT2D eigenvalue weighted by molar-refractivity contribution is 0.0730. The molecule has 0 radical (unpaired) electrons. The van der Waals surface area contributed by atoms with Gasteiger partial charge in [-0.1, -0.05) is 71.7 Å². The summed E-state index contributed by atoms with van der Waals surface area (Å²) in [4.78, 5) is 15.3. The van der Waals surface area contributed by atoms with Gasteiger partial charge in [-0.3, -0.25) is 9.89 Å². The molecule has 7 heteroatoms. The normalized spacial score (nSPS) is 15.2. The van der Waals surface area contributed by atoms with Crippen LogP contribution < -0.4 is 4.74 Å². The molecule has 0 bridgehead atoms. The van der Waals surface area contributed by atoms with Gasteiger partial charge in [0.05, 0.1) is 28.9 Å². The summed E-state index contributed by atoms with van der Waals surface area (Å²) < 4.78 is 5.26. The number of methoxy groups -OCH3 is 1. The first-order chi connectivity index (χ1) is 15.6. The monoisotopic (exact) mass is 463 g/mol. The number of benzene rings is 3. The van der Waals surface area contributed by atoms with Crippen LogP contribution in [-0.4, -0.2) is 28.1 Å². The van der Waals surface area contributed by atoms with Crippen LogP contribution in [0.5, 0.6) is 5.75 Å². The number of carbonyl (C=O) groups is 1. The van der Waals surface area contributed by atoms with Crippen LogP contribution in [0, 0.1) is 0 Å². The molecule has 0 aliphatic carbocycles. The Balaban J connectivity index is 1.63. The molecule has 160 valence electrons. The van der Waals surface area contributed by atoms with E-state index in [9.17, 15) is 4.79 Å². The molecule has 1 unspecified atom stereocenters. The van der Waals surface area contributed by atoms with E-state index in [-0.39, 0.29) is 11.9 Å². The molecule has 1 atom stereocenters. The van der Waals surface area contributed by atoms with Crippen molar-refractivity contribution < 1.29 is 9.53 Å². The van der Waals surface area contributed by atoms with Crippen LogP contribution in [0.1, 0.15) is 33.2 Å². The number of hydrogen-bond donors (Lipinski definition) is 1. The van der Waals surface area contributed by atoms with E-state index in [0.717, 1.165) is 33.7 Å². The maximum absolute atomic E-state index is 13.5. The van der Waals surface area contributed by atoms with Gasteiger partial charge in [0.25, 0.3) is 5.91 Å². The summed E-state index contributed by atoms with van der Waals surface area (Å²) in [5.74, 6) is 0.657. The summed E-state index contributed by atoms with van der Waals surface area (Å²) in [6.45, 7) is 0.421. The number of rotatable bonds is 5. The summed E-state index contributed by atoms with van der Waals surface area (Å²) in [7, 11) is 1.63. The number of H-pyrrole nitrogens is 1. The van der Waals surface area contributed by atoms with Crippen molar-refractivity contribution in [3.63, 3.8) is 0 Å². The maximum atomic E-state index is 13.5. The number of halogens is 2. The number of aromatic nitrogens is 2. The number of aromatic amines is 1. The molecule has 1 aliphatic rings. The van der Waals surface area contributed by atoms with E-state index in [0.29, 0.717) is 22.3 Å². The van der Waals surface area contributed by atoms with Crippen molar-refractivity contribution in [2.24, 2.45) is 0 Å². The van der Waals surface area contributed by atoms with E-state index in [2.05, 4.69) is 10.2 Å². The molecule has 5 rings (SSSR count). The Morgan fingerprint density at radius 1 is 1.00 bits per heavy atom. The van der Waals surface area contributed by atoms with E-state index in [4.69, 9.17) is 27.9 Å². The summed E-state index contributed by atoms with van der Waals surface area (Å²) in [6, 6.07) is 22.7. The SMILES string of the molecule is COc1ccc(CN2C(=O)c3[nH]nc(-c4ccccc4)c3C2c2ccc(Cl)c(Cl)c2)cc1. The van der Waals surface area contributed by atoms with Crippen molar-refractivity contribution in [1.29, 1.82) is 0 Å².